The van der Waals surface area contributed by atoms with Crippen molar-refractivity contribution in [1.82, 2.24) is 20.0 Å². The molecule has 0 radical (unpaired) electrons. The van der Waals surface area contributed by atoms with E-state index in [1.165, 1.54) is 10.7 Å². The molecular formula is C20H24Cl2N4O4. The van der Waals surface area contributed by atoms with E-state index in [0.29, 0.717) is 35.6 Å². The Bertz CT molecular complexity index is 870. The Morgan fingerprint density at radius 1 is 1.20 bits per heavy atom. The van der Waals surface area contributed by atoms with Crippen LogP contribution < -0.4 is 5.32 Å². The van der Waals surface area contributed by atoms with Crippen LogP contribution >= 0.6 is 23.2 Å². The molecule has 0 unspecified atom stereocenters. The van der Waals surface area contributed by atoms with Gasteiger partial charge in [0.2, 0.25) is 5.88 Å². The molecule has 1 saturated heterocycles. The maximum Gasteiger partial charge on any atom is 0.410 e. The standard InChI is InChI=1S/C20H24Cl2N4O4/c1-25-18(27)11-17(24-25)19(28)23-5-2-13-3-6-26(7-4-13)20(29)30-12-14-8-15(21)10-16(22)9-14/h8-11,13,27H,2-7,12H2,1H3,(H,23,28). The molecule has 1 aliphatic heterocycles. The molecule has 0 aliphatic carbocycles. The van der Waals surface area contributed by atoms with E-state index in [1.807, 2.05) is 0 Å². The Balaban J connectivity index is 1.36. The Morgan fingerprint density at radius 2 is 1.87 bits per heavy atom. The number of hydrogen-bond donors (Lipinski definition) is 2. The third-order valence-electron chi connectivity index (χ3n) is 5.08. The van der Waals surface area contributed by atoms with E-state index in [9.17, 15) is 14.7 Å². The summed E-state index contributed by atoms with van der Waals surface area (Å²) < 4.78 is 6.61. The molecule has 2 heterocycles. The summed E-state index contributed by atoms with van der Waals surface area (Å²) in [5.74, 6) is 0.0455. The van der Waals surface area contributed by atoms with E-state index < -0.39 is 0 Å². The average Bonchev–Trinajstić information content (AvgIpc) is 3.04. The first-order valence-electron chi connectivity index (χ1n) is 9.69. The summed E-state index contributed by atoms with van der Waals surface area (Å²) >= 11 is 11.9. The molecule has 0 saturated carbocycles. The maximum atomic E-state index is 12.3. The van der Waals surface area contributed by atoms with Crippen molar-refractivity contribution in [1.29, 1.82) is 0 Å². The minimum absolute atomic E-state index is 0.0575. The lowest BCUT2D eigenvalue weighted by Crippen LogP contribution is -2.39. The summed E-state index contributed by atoms with van der Waals surface area (Å²) in [5.41, 5.74) is 0.932. The molecule has 1 aromatic carbocycles. The topological polar surface area (TPSA) is 96.7 Å². The number of likely N-dealkylation sites (tertiary alicyclic amines) is 1. The molecule has 2 aromatic rings. The molecule has 1 aliphatic rings. The highest BCUT2D eigenvalue weighted by Gasteiger charge is 2.24. The summed E-state index contributed by atoms with van der Waals surface area (Å²) in [6, 6.07) is 6.39. The van der Waals surface area contributed by atoms with Gasteiger partial charge in [-0.1, -0.05) is 23.2 Å². The molecule has 0 atom stereocenters. The van der Waals surface area contributed by atoms with Crippen LogP contribution in [0, 0.1) is 5.92 Å². The zero-order chi connectivity index (χ0) is 21.7. The fraction of sp³-hybridized carbons (Fsp3) is 0.450. The zero-order valence-electron chi connectivity index (χ0n) is 16.6. The quantitative estimate of drug-likeness (QED) is 0.694. The normalized spacial score (nSPS) is 14.6. The smallest absolute Gasteiger partial charge is 0.410 e. The van der Waals surface area contributed by atoms with Crippen LogP contribution in [0.4, 0.5) is 4.79 Å². The average molecular weight is 455 g/mol. The van der Waals surface area contributed by atoms with Gasteiger partial charge in [0.1, 0.15) is 6.61 Å². The van der Waals surface area contributed by atoms with Crippen molar-refractivity contribution in [2.75, 3.05) is 19.6 Å². The van der Waals surface area contributed by atoms with Gasteiger partial charge in [-0.25, -0.2) is 9.48 Å². The summed E-state index contributed by atoms with van der Waals surface area (Å²) in [4.78, 5) is 26.0. The molecule has 162 valence electrons. The molecule has 10 heteroatoms. The molecule has 0 spiro atoms. The molecule has 3 rings (SSSR count). The number of aromatic hydroxyl groups is 1. The van der Waals surface area contributed by atoms with Crippen molar-refractivity contribution in [3.05, 3.63) is 45.6 Å². The minimum atomic E-state index is -0.354. The second-order valence-electron chi connectivity index (χ2n) is 7.32. The largest absolute Gasteiger partial charge is 0.493 e. The number of carbonyl (C=O) groups excluding carboxylic acids is 2. The van der Waals surface area contributed by atoms with Gasteiger partial charge in [0, 0.05) is 42.8 Å². The summed E-state index contributed by atoms with van der Waals surface area (Å²) in [6.45, 7) is 1.86. The minimum Gasteiger partial charge on any atom is -0.493 e. The van der Waals surface area contributed by atoms with Gasteiger partial charge in [-0.3, -0.25) is 4.79 Å². The zero-order valence-corrected chi connectivity index (χ0v) is 18.1. The van der Waals surface area contributed by atoms with Crippen LogP contribution in [-0.4, -0.2) is 51.4 Å². The lowest BCUT2D eigenvalue weighted by Gasteiger charge is -2.31. The van der Waals surface area contributed by atoms with Gasteiger partial charge >= 0.3 is 6.09 Å². The second-order valence-corrected chi connectivity index (χ2v) is 8.19. The van der Waals surface area contributed by atoms with Gasteiger partial charge in [-0.15, -0.1) is 0 Å². The first-order valence-corrected chi connectivity index (χ1v) is 10.5. The van der Waals surface area contributed by atoms with Gasteiger partial charge in [0.15, 0.2) is 5.69 Å². The number of ether oxygens (including phenoxy) is 1. The Kier molecular flexibility index (Phi) is 7.44. The molecule has 1 fully saturated rings. The van der Waals surface area contributed by atoms with Crippen LogP contribution in [0.5, 0.6) is 5.88 Å². The fourth-order valence-corrected chi connectivity index (χ4v) is 3.95. The van der Waals surface area contributed by atoms with Crippen molar-refractivity contribution in [3.63, 3.8) is 0 Å². The van der Waals surface area contributed by atoms with Crippen molar-refractivity contribution in [3.8, 4) is 5.88 Å². The number of rotatable bonds is 6. The van der Waals surface area contributed by atoms with Crippen LogP contribution in [0.15, 0.2) is 24.3 Å². The third-order valence-corrected chi connectivity index (χ3v) is 5.52. The SMILES string of the molecule is Cn1nc(C(=O)NCCC2CCN(C(=O)OCc3cc(Cl)cc(Cl)c3)CC2)cc1O. The number of aryl methyl sites for hydroxylation is 1. The van der Waals surface area contributed by atoms with Crippen molar-refractivity contribution in [2.24, 2.45) is 13.0 Å². The number of piperidine rings is 1. The number of benzene rings is 1. The van der Waals surface area contributed by atoms with Gasteiger partial charge in [-0.05, 0) is 48.9 Å². The van der Waals surface area contributed by atoms with Crippen LogP contribution in [-0.2, 0) is 18.4 Å². The van der Waals surface area contributed by atoms with E-state index in [2.05, 4.69) is 10.4 Å². The third kappa shape index (κ3) is 6.03. The highest BCUT2D eigenvalue weighted by atomic mass is 35.5. The number of aromatic nitrogens is 2. The van der Waals surface area contributed by atoms with Gasteiger partial charge in [0.25, 0.3) is 5.91 Å². The maximum absolute atomic E-state index is 12.3. The molecule has 2 N–H and O–H groups in total. The number of amides is 2. The Hall–Kier alpha value is -2.45. The first-order chi connectivity index (χ1) is 14.3. The summed E-state index contributed by atoms with van der Waals surface area (Å²) in [7, 11) is 1.56. The van der Waals surface area contributed by atoms with Crippen LogP contribution in [0.1, 0.15) is 35.3 Å². The van der Waals surface area contributed by atoms with Crippen LogP contribution in [0.3, 0.4) is 0 Å². The van der Waals surface area contributed by atoms with E-state index in [-0.39, 0.29) is 30.2 Å². The first kappa shape index (κ1) is 22.2. The highest BCUT2D eigenvalue weighted by molar-refractivity contribution is 6.34. The summed E-state index contributed by atoms with van der Waals surface area (Å²) in [6.07, 6.45) is 2.15. The van der Waals surface area contributed by atoms with E-state index >= 15 is 0 Å². The van der Waals surface area contributed by atoms with E-state index in [0.717, 1.165) is 24.8 Å². The Morgan fingerprint density at radius 3 is 2.47 bits per heavy atom. The van der Waals surface area contributed by atoms with Gasteiger partial charge in [-0.2, -0.15) is 5.10 Å². The predicted molar refractivity (Wildman–Crippen MR) is 113 cm³/mol. The number of carbonyl (C=O) groups is 2. The molecule has 1 aromatic heterocycles. The number of hydrogen-bond acceptors (Lipinski definition) is 5. The molecular weight excluding hydrogens is 431 g/mol. The highest BCUT2D eigenvalue weighted by Crippen LogP contribution is 2.22. The van der Waals surface area contributed by atoms with Gasteiger partial charge < -0.3 is 20.1 Å². The monoisotopic (exact) mass is 454 g/mol. The van der Waals surface area contributed by atoms with E-state index in [4.69, 9.17) is 27.9 Å². The molecule has 30 heavy (non-hydrogen) atoms. The van der Waals surface area contributed by atoms with Crippen molar-refractivity contribution >= 4 is 35.2 Å². The van der Waals surface area contributed by atoms with Crippen molar-refractivity contribution in [2.45, 2.75) is 25.9 Å². The van der Waals surface area contributed by atoms with E-state index in [1.54, 1.807) is 30.1 Å². The lowest BCUT2D eigenvalue weighted by atomic mass is 9.94. The lowest BCUT2D eigenvalue weighted by molar-refractivity contribution is 0.0813. The number of halogens is 2. The van der Waals surface area contributed by atoms with Crippen molar-refractivity contribution < 1.29 is 19.4 Å². The predicted octanol–water partition coefficient (Wildman–Crippen LogP) is 3.60. The molecule has 8 nitrogen and oxygen atoms in total. The Labute approximate surface area is 184 Å². The van der Waals surface area contributed by atoms with Gasteiger partial charge in [0.05, 0.1) is 0 Å². The fourth-order valence-electron chi connectivity index (χ4n) is 3.38. The molecule has 2 amide bonds. The number of nitrogens with zero attached hydrogens (tertiary/aromatic N) is 3. The van der Waals surface area contributed by atoms with Crippen LogP contribution in [0.25, 0.3) is 0 Å². The number of nitrogens with one attached hydrogen (secondary N) is 1. The summed E-state index contributed by atoms with van der Waals surface area (Å²) in [5, 5.41) is 17.2. The second kappa shape index (κ2) is 10.0. The van der Waals surface area contributed by atoms with Crippen LogP contribution in [0.2, 0.25) is 10.0 Å². The molecule has 0 bridgehead atoms.